The molecule has 0 fully saturated rings. The highest BCUT2D eigenvalue weighted by atomic mass is 19.1. The van der Waals surface area contributed by atoms with E-state index in [0.29, 0.717) is 11.0 Å². The van der Waals surface area contributed by atoms with Crippen LogP contribution in [0.15, 0.2) is 23.0 Å². The Kier molecular flexibility index (Phi) is 2.36. The molecule has 18 heavy (non-hydrogen) atoms. The fourth-order valence-corrected chi connectivity index (χ4v) is 2.08. The number of fused-ring (bicyclic) bond motifs is 3. The van der Waals surface area contributed by atoms with Crippen LogP contribution in [0.3, 0.4) is 0 Å². The number of hydrogen-bond acceptors (Lipinski definition) is 3. The number of rotatable bonds is 2. The lowest BCUT2D eigenvalue weighted by molar-refractivity contribution is 0.629. The van der Waals surface area contributed by atoms with E-state index < -0.39 is 0 Å². The van der Waals surface area contributed by atoms with Gasteiger partial charge in [0.05, 0.1) is 11.0 Å². The van der Waals surface area contributed by atoms with Crippen molar-refractivity contribution in [2.24, 2.45) is 0 Å². The van der Waals surface area contributed by atoms with Crippen LogP contribution >= 0.6 is 0 Å². The molecular weight excluding hydrogens is 235 g/mol. The van der Waals surface area contributed by atoms with Gasteiger partial charge in [0, 0.05) is 6.42 Å². The Labute approximate surface area is 101 Å². The Morgan fingerprint density at radius 2 is 2.22 bits per heavy atom. The van der Waals surface area contributed by atoms with Gasteiger partial charge in [-0.05, 0) is 24.6 Å². The summed E-state index contributed by atoms with van der Waals surface area (Å²) in [6.07, 6.45) is 1.62. The van der Waals surface area contributed by atoms with E-state index in [1.54, 1.807) is 10.5 Å². The molecule has 6 heteroatoms. The van der Waals surface area contributed by atoms with Crippen molar-refractivity contribution in [3.8, 4) is 0 Å². The number of halogens is 1. The Bertz CT molecular complexity index is 790. The van der Waals surface area contributed by atoms with Gasteiger partial charge in [-0.1, -0.05) is 6.92 Å². The van der Waals surface area contributed by atoms with Gasteiger partial charge in [0.1, 0.15) is 11.6 Å². The summed E-state index contributed by atoms with van der Waals surface area (Å²) in [5.74, 6) is 0.331. The molecule has 92 valence electrons. The number of benzene rings is 1. The molecule has 5 nitrogen and oxygen atoms in total. The van der Waals surface area contributed by atoms with Crippen molar-refractivity contribution in [2.75, 3.05) is 0 Å². The number of nitrogens with one attached hydrogen (secondary N) is 1. The maximum absolute atomic E-state index is 13.2. The lowest BCUT2D eigenvalue weighted by atomic mass is 10.2. The van der Waals surface area contributed by atoms with Gasteiger partial charge in [-0.25, -0.2) is 4.39 Å². The normalized spacial score (nSPS) is 11.4. The molecule has 0 unspecified atom stereocenters. The summed E-state index contributed by atoms with van der Waals surface area (Å²) in [5.41, 5.74) is 1.05. The van der Waals surface area contributed by atoms with Crippen molar-refractivity contribution in [2.45, 2.75) is 19.8 Å². The Balaban J connectivity index is 2.49. The molecule has 1 N–H and O–H groups in total. The third-order valence-corrected chi connectivity index (χ3v) is 2.85. The standard InChI is InChI=1S/C12H11FN4O/c1-2-3-10-15-16-11-12(18)14-8-6-7(13)4-5-9(8)17(10)11/h4-6H,2-3H2,1H3,(H,14,18). The van der Waals surface area contributed by atoms with Crippen LogP contribution in [0.2, 0.25) is 0 Å². The minimum atomic E-state index is -0.386. The van der Waals surface area contributed by atoms with E-state index >= 15 is 0 Å². The first-order valence-corrected chi connectivity index (χ1v) is 5.76. The number of H-pyrrole nitrogens is 1. The molecule has 0 aliphatic rings. The summed E-state index contributed by atoms with van der Waals surface area (Å²) in [7, 11) is 0. The van der Waals surface area contributed by atoms with Crippen LogP contribution in [0.5, 0.6) is 0 Å². The van der Waals surface area contributed by atoms with E-state index in [1.165, 1.54) is 12.1 Å². The van der Waals surface area contributed by atoms with Gasteiger partial charge in [0.25, 0.3) is 5.56 Å². The molecule has 2 heterocycles. The second kappa shape index (κ2) is 3.90. The molecule has 0 radical (unpaired) electrons. The highest BCUT2D eigenvalue weighted by molar-refractivity contribution is 5.77. The molecule has 0 bridgehead atoms. The zero-order valence-corrected chi connectivity index (χ0v) is 9.77. The van der Waals surface area contributed by atoms with E-state index in [0.717, 1.165) is 18.7 Å². The van der Waals surface area contributed by atoms with E-state index in [2.05, 4.69) is 15.2 Å². The Morgan fingerprint density at radius 3 is 3.00 bits per heavy atom. The quantitative estimate of drug-likeness (QED) is 0.748. The lowest BCUT2D eigenvalue weighted by Gasteiger charge is -2.03. The van der Waals surface area contributed by atoms with Crippen LogP contribution in [-0.2, 0) is 6.42 Å². The first-order valence-electron chi connectivity index (χ1n) is 5.76. The van der Waals surface area contributed by atoms with E-state index in [4.69, 9.17) is 0 Å². The zero-order chi connectivity index (χ0) is 12.7. The minimum absolute atomic E-state index is 0.248. The number of hydrogen-bond donors (Lipinski definition) is 1. The van der Waals surface area contributed by atoms with Crippen molar-refractivity contribution in [3.05, 3.63) is 40.2 Å². The van der Waals surface area contributed by atoms with Gasteiger partial charge in [-0.15, -0.1) is 10.2 Å². The average Bonchev–Trinajstić information content (AvgIpc) is 2.74. The van der Waals surface area contributed by atoms with E-state index in [-0.39, 0.29) is 17.0 Å². The predicted molar refractivity (Wildman–Crippen MR) is 65.1 cm³/mol. The average molecular weight is 246 g/mol. The van der Waals surface area contributed by atoms with Crippen molar-refractivity contribution in [1.82, 2.24) is 19.6 Å². The summed E-state index contributed by atoms with van der Waals surface area (Å²) < 4.78 is 14.9. The van der Waals surface area contributed by atoms with Gasteiger partial charge < -0.3 is 4.98 Å². The third-order valence-electron chi connectivity index (χ3n) is 2.85. The van der Waals surface area contributed by atoms with Gasteiger partial charge in [0.15, 0.2) is 0 Å². The summed E-state index contributed by atoms with van der Waals surface area (Å²) in [5, 5.41) is 7.90. The van der Waals surface area contributed by atoms with Gasteiger partial charge >= 0.3 is 0 Å². The molecule has 3 aromatic rings. The van der Waals surface area contributed by atoms with Crippen molar-refractivity contribution >= 4 is 16.7 Å². The van der Waals surface area contributed by atoms with Crippen molar-refractivity contribution < 1.29 is 4.39 Å². The highest BCUT2D eigenvalue weighted by Gasteiger charge is 2.12. The SMILES string of the molecule is CCCc1nnc2c(=O)[nH]c3cc(F)ccc3n12. The van der Waals surface area contributed by atoms with Crippen LogP contribution in [0.4, 0.5) is 4.39 Å². The first-order chi connectivity index (χ1) is 8.70. The van der Waals surface area contributed by atoms with Crippen molar-refractivity contribution in [3.63, 3.8) is 0 Å². The second-order valence-corrected chi connectivity index (χ2v) is 4.14. The van der Waals surface area contributed by atoms with Crippen LogP contribution in [0, 0.1) is 5.82 Å². The monoisotopic (exact) mass is 246 g/mol. The number of aromatic amines is 1. The molecular formula is C12H11FN4O. The minimum Gasteiger partial charge on any atom is -0.317 e. The zero-order valence-electron chi connectivity index (χ0n) is 9.77. The van der Waals surface area contributed by atoms with Crippen LogP contribution in [-0.4, -0.2) is 19.6 Å². The largest absolute Gasteiger partial charge is 0.317 e. The Morgan fingerprint density at radius 1 is 1.39 bits per heavy atom. The molecule has 0 saturated heterocycles. The molecule has 1 aromatic carbocycles. The smallest absolute Gasteiger partial charge is 0.294 e. The molecule has 3 rings (SSSR count). The van der Waals surface area contributed by atoms with E-state index in [1.807, 2.05) is 6.92 Å². The van der Waals surface area contributed by atoms with E-state index in [9.17, 15) is 9.18 Å². The predicted octanol–water partition coefficient (Wildman–Crippen LogP) is 1.66. The summed E-state index contributed by atoms with van der Waals surface area (Å²) in [6.45, 7) is 2.02. The molecule has 2 aromatic heterocycles. The molecule has 0 aliphatic heterocycles. The topological polar surface area (TPSA) is 63.0 Å². The molecule has 0 atom stereocenters. The number of nitrogens with zero attached hydrogens (tertiary/aromatic N) is 3. The number of aromatic nitrogens is 4. The van der Waals surface area contributed by atoms with Gasteiger partial charge in [-0.2, -0.15) is 0 Å². The maximum Gasteiger partial charge on any atom is 0.294 e. The summed E-state index contributed by atoms with van der Waals surface area (Å²) in [4.78, 5) is 14.4. The number of aryl methyl sites for hydroxylation is 1. The van der Waals surface area contributed by atoms with Crippen LogP contribution in [0.1, 0.15) is 19.2 Å². The fraction of sp³-hybridized carbons (Fsp3) is 0.250. The molecule has 0 aliphatic carbocycles. The van der Waals surface area contributed by atoms with Crippen molar-refractivity contribution in [1.29, 1.82) is 0 Å². The van der Waals surface area contributed by atoms with Gasteiger partial charge in [0.2, 0.25) is 5.65 Å². The van der Waals surface area contributed by atoms with Crippen LogP contribution in [0.25, 0.3) is 16.7 Å². The molecule has 0 spiro atoms. The third kappa shape index (κ3) is 1.49. The molecule has 0 saturated carbocycles. The summed E-state index contributed by atoms with van der Waals surface area (Å²) in [6, 6.07) is 4.28. The van der Waals surface area contributed by atoms with Gasteiger partial charge in [-0.3, -0.25) is 9.20 Å². The second-order valence-electron chi connectivity index (χ2n) is 4.14. The first kappa shape index (κ1) is 10.9. The molecule has 0 amide bonds. The van der Waals surface area contributed by atoms with Crippen LogP contribution < -0.4 is 5.56 Å². The fourth-order valence-electron chi connectivity index (χ4n) is 2.08. The summed E-state index contributed by atoms with van der Waals surface area (Å²) >= 11 is 0. The maximum atomic E-state index is 13.2. The Hall–Kier alpha value is -2.24. The highest BCUT2D eigenvalue weighted by Crippen LogP contribution is 2.15. The lowest BCUT2D eigenvalue weighted by Crippen LogP contribution is -2.12.